The maximum atomic E-state index is 13.2. The lowest BCUT2D eigenvalue weighted by molar-refractivity contribution is 0.625. The van der Waals surface area contributed by atoms with E-state index in [0.29, 0.717) is 6.54 Å². The minimum absolute atomic E-state index is 0.187. The Balaban J connectivity index is 1.53. The lowest BCUT2D eigenvalue weighted by Crippen LogP contribution is -2.38. The third-order valence-electron chi connectivity index (χ3n) is 4.99. The van der Waals surface area contributed by atoms with E-state index in [2.05, 4.69) is 37.6 Å². The van der Waals surface area contributed by atoms with E-state index in [4.69, 9.17) is 0 Å². The number of anilines is 1. The van der Waals surface area contributed by atoms with Crippen molar-refractivity contribution >= 4 is 11.8 Å². The van der Waals surface area contributed by atoms with Gasteiger partial charge in [0.25, 0.3) is 0 Å². The zero-order valence-corrected chi connectivity index (χ0v) is 16.8. The Labute approximate surface area is 167 Å². The zero-order chi connectivity index (χ0) is 19.8. The number of pyridine rings is 1. The van der Waals surface area contributed by atoms with Crippen LogP contribution in [0.1, 0.15) is 36.5 Å². The molecule has 28 heavy (non-hydrogen) atoms. The Morgan fingerprint density at radius 3 is 2.68 bits per heavy atom. The van der Waals surface area contributed by atoms with E-state index in [9.17, 15) is 4.39 Å². The second-order valence-electron chi connectivity index (χ2n) is 7.16. The number of aromatic nitrogens is 1. The SMILES string of the molecule is CCNC(=NCc1ccc(N2CCCC2)nc1)NCCc1ccc(F)cc1C. The lowest BCUT2D eigenvalue weighted by atomic mass is 10.1. The van der Waals surface area contributed by atoms with Gasteiger partial charge in [-0.2, -0.15) is 0 Å². The van der Waals surface area contributed by atoms with Crippen molar-refractivity contribution in [3.8, 4) is 0 Å². The fourth-order valence-corrected chi connectivity index (χ4v) is 3.41. The van der Waals surface area contributed by atoms with Gasteiger partial charge in [0.2, 0.25) is 0 Å². The fraction of sp³-hybridized carbons (Fsp3) is 0.455. The summed E-state index contributed by atoms with van der Waals surface area (Å²) in [6, 6.07) is 9.14. The molecule has 150 valence electrons. The number of aliphatic imine (C=N–C) groups is 1. The number of rotatable bonds is 7. The average Bonchev–Trinajstić information content (AvgIpc) is 3.23. The van der Waals surface area contributed by atoms with Crippen LogP contribution >= 0.6 is 0 Å². The quantitative estimate of drug-likeness (QED) is 0.568. The molecule has 1 aliphatic heterocycles. The standard InChI is InChI=1S/C22H30FN5/c1-3-24-22(25-11-10-19-7-8-20(23)14-17(19)2)27-16-18-6-9-21(26-15-18)28-12-4-5-13-28/h6-9,14-15H,3-5,10-13,16H2,1-2H3,(H2,24,25,27). The molecule has 0 bridgehead atoms. The van der Waals surface area contributed by atoms with Gasteiger partial charge in [0.1, 0.15) is 11.6 Å². The molecule has 1 saturated heterocycles. The van der Waals surface area contributed by atoms with Crippen molar-refractivity contribution in [2.24, 2.45) is 4.99 Å². The van der Waals surface area contributed by atoms with Gasteiger partial charge >= 0.3 is 0 Å². The molecule has 1 aliphatic rings. The number of benzene rings is 1. The highest BCUT2D eigenvalue weighted by molar-refractivity contribution is 5.79. The molecular formula is C22H30FN5. The minimum Gasteiger partial charge on any atom is -0.357 e. The van der Waals surface area contributed by atoms with E-state index in [-0.39, 0.29) is 5.82 Å². The van der Waals surface area contributed by atoms with Gasteiger partial charge in [-0.15, -0.1) is 0 Å². The molecule has 1 aromatic carbocycles. The largest absolute Gasteiger partial charge is 0.357 e. The molecule has 0 radical (unpaired) electrons. The van der Waals surface area contributed by atoms with Crippen molar-refractivity contribution in [2.45, 2.75) is 39.7 Å². The van der Waals surface area contributed by atoms with E-state index in [1.807, 2.05) is 26.1 Å². The molecule has 0 spiro atoms. The molecule has 6 heteroatoms. The summed E-state index contributed by atoms with van der Waals surface area (Å²) in [5.41, 5.74) is 3.22. The highest BCUT2D eigenvalue weighted by Crippen LogP contribution is 2.17. The molecule has 0 unspecified atom stereocenters. The van der Waals surface area contributed by atoms with Gasteiger partial charge < -0.3 is 15.5 Å². The summed E-state index contributed by atoms with van der Waals surface area (Å²) in [7, 11) is 0. The molecular weight excluding hydrogens is 353 g/mol. The highest BCUT2D eigenvalue weighted by Gasteiger charge is 2.12. The predicted octanol–water partition coefficient (Wildman–Crippen LogP) is 3.43. The molecule has 0 aliphatic carbocycles. The Morgan fingerprint density at radius 1 is 1.18 bits per heavy atom. The number of aryl methyl sites for hydroxylation is 1. The summed E-state index contributed by atoms with van der Waals surface area (Å²) in [5.74, 6) is 1.66. The van der Waals surface area contributed by atoms with E-state index in [1.165, 1.54) is 18.9 Å². The van der Waals surface area contributed by atoms with Crippen LogP contribution in [0.4, 0.5) is 10.2 Å². The molecule has 0 saturated carbocycles. The van der Waals surface area contributed by atoms with E-state index in [0.717, 1.165) is 61.1 Å². The monoisotopic (exact) mass is 383 g/mol. The molecule has 2 heterocycles. The van der Waals surface area contributed by atoms with Crippen molar-refractivity contribution in [2.75, 3.05) is 31.1 Å². The predicted molar refractivity (Wildman–Crippen MR) is 113 cm³/mol. The van der Waals surface area contributed by atoms with Crippen molar-refractivity contribution in [3.05, 3.63) is 59.0 Å². The van der Waals surface area contributed by atoms with Gasteiger partial charge in [0.15, 0.2) is 5.96 Å². The smallest absolute Gasteiger partial charge is 0.191 e. The van der Waals surface area contributed by atoms with Gasteiger partial charge in [0, 0.05) is 32.4 Å². The van der Waals surface area contributed by atoms with Crippen molar-refractivity contribution < 1.29 is 4.39 Å². The first kappa shape index (κ1) is 20.1. The summed E-state index contributed by atoms with van der Waals surface area (Å²) in [5, 5.41) is 6.62. The number of halogens is 1. The average molecular weight is 384 g/mol. The molecule has 3 rings (SSSR count). The molecule has 1 fully saturated rings. The molecule has 2 N–H and O–H groups in total. The Kier molecular flexibility index (Phi) is 7.23. The first-order valence-corrected chi connectivity index (χ1v) is 10.1. The van der Waals surface area contributed by atoms with Crippen molar-refractivity contribution in [1.29, 1.82) is 0 Å². The van der Waals surface area contributed by atoms with Crippen LogP contribution in [-0.2, 0) is 13.0 Å². The fourth-order valence-electron chi connectivity index (χ4n) is 3.41. The second kappa shape index (κ2) is 10.1. The third-order valence-corrected chi connectivity index (χ3v) is 4.99. The molecule has 1 aromatic heterocycles. The zero-order valence-electron chi connectivity index (χ0n) is 16.8. The van der Waals surface area contributed by atoms with Crippen LogP contribution in [0.25, 0.3) is 0 Å². The van der Waals surface area contributed by atoms with Crippen LogP contribution in [0, 0.1) is 12.7 Å². The normalized spacial score (nSPS) is 14.4. The summed E-state index contributed by atoms with van der Waals surface area (Å²) < 4.78 is 13.2. The number of hydrogen-bond donors (Lipinski definition) is 2. The van der Waals surface area contributed by atoms with E-state index in [1.54, 1.807) is 6.07 Å². The van der Waals surface area contributed by atoms with Gasteiger partial charge in [0.05, 0.1) is 6.54 Å². The molecule has 2 aromatic rings. The van der Waals surface area contributed by atoms with Crippen LogP contribution in [0.3, 0.4) is 0 Å². The topological polar surface area (TPSA) is 52.6 Å². The van der Waals surface area contributed by atoms with Gasteiger partial charge in [-0.05, 0) is 68.0 Å². The minimum atomic E-state index is -0.187. The summed E-state index contributed by atoms with van der Waals surface area (Å²) in [4.78, 5) is 11.6. The van der Waals surface area contributed by atoms with E-state index < -0.39 is 0 Å². The summed E-state index contributed by atoms with van der Waals surface area (Å²) >= 11 is 0. The highest BCUT2D eigenvalue weighted by atomic mass is 19.1. The van der Waals surface area contributed by atoms with E-state index >= 15 is 0 Å². The first-order valence-electron chi connectivity index (χ1n) is 10.1. The van der Waals surface area contributed by atoms with Crippen LogP contribution in [0.2, 0.25) is 0 Å². The van der Waals surface area contributed by atoms with Crippen molar-refractivity contribution in [1.82, 2.24) is 15.6 Å². The molecule has 0 amide bonds. The van der Waals surface area contributed by atoms with Crippen LogP contribution < -0.4 is 15.5 Å². The third kappa shape index (κ3) is 5.68. The summed E-state index contributed by atoms with van der Waals surface area (Å²) in [6.07, 6.45) is 5.25. The van der Waals surface area contributed by atoms with Gasteiger partial charge in [-0.3, -0.25) is 0 Å². The Hall–Kier alpha value is -2.63. The van der Waals surface area contributed by atoms with Crippen LogP contribution in [0.5, 0.6) is 0 Å². The molecule has 0 atom stereocenters. The summed E-state index contributed by atoms with van der Waals surface area (Å²) in [6.45, 7) is 8.32. The number of nitrogens with zero attached hydrogens (tertiary/aromatic N) is 3. The number of guanidine groups is 1. The second-order valence-corrected chi connectivity index (χ2v) is 7.16. The van der Waals surface area contributed by atoms with Crippen LogP contribution in [0.15, 0.2) is 41.5 Å². The number of hydrogen-bond acceptors (Lipinski definition) is 3. The maximum Gasteiger partial charge on any atom is 0.191 e. The first-order chi connectivity index (χ1) is 13.7. The van der Waals surface area contributed by atoms with Crippen molar-refractivity contribution in [3.63, 3.8) is 0 Å². The van der Waals surface area contributed by atoms with Crippen LogP contribution in [-0.4, -0.2) is 37.1 Å². The van der Waals surface area contributed by atoms with Gasteiger partial charge in [-0.1, -0.05) is 12.1 Å². The Bertz CT molecular complexity index is 782. The number of nitrogens with one attached hydrogen (secondary N) is 2. The lowest BCUT2D eigenvalue weighted by Gasteiger charge is -2.16. The Morgan fingerprint density at radius 2 is 2.00 bits per heavy atom. The maximum absolute atomic E-state index is 13.2. The van der Waals surface area contributed by atoms with Gasteiger partial charge in [-0.25, -0.2) is 14.4 Å². The molecule has 5 nitrogen and oxygen atoms in total.